The number of thiocarbonyl (C=S) groups is 1. The molecule has 2 N–H and O–H groups in total. The Balaban J connectivity index is 1.46. The predicted octanol–water partition coefficient (Wildman–Crippen LogP) is 6.73. The SMILES string of the molecule is Cc1cc([C@H]2[C@@H](c3ccccn3)NC(=S)N2CCCNc2ccccc2)c(C)n1-c1cccc(Br)c1. The molecule has 1 aliphatic heterocycles. The summed E-state index contributed by atoms with van der Waals surface area (Å²) in [5, 5.41) is 7.89. The van der Waals surface area contributed by atoms with Crippen LogP contribution in [-0.4, -0.2) is 32.7 Å². The molecule has 2 aromatic heterocycles. The lowest BCUT2D eigenvalue weighted by Crippen LogP contribution is -2.31. The van der Waals surface area contributed by atoms with Gasteiger partial charge in [0.15, 0.2) is 5.11 Å². The van der Waals surface area contributed by atoms with Gasteiger partial charge in [-0.1, -0.05) is 46.3 Å². The second-order valence-corrected chi connectivity index (χ2v) is 10.4. The highest BCUT2D eigenvalue weighted by Gasteiger charge is 2.41. The van der Waals surface area contributed by atoms with E-state index in [4.69, 9.17) is 17.2 Å². The lowest BCUT2D eigenvalue weighted by molar-refractivity contribution is 0.315. The van der Waals surface area contributed by atoms with E-state index >= 15 is 0 Å². The third-order valence-corrected chi connectivity index (χ3v) is 7.58. The molecular weight excluding hydrogens is 530 g/mol. The van der Waals surface area contributed by atoms with Gasteiger partial charge in [0.1, 0.15) is 0 Å². The zero-order chi connectivity index (χ0) is 25.1. The summed E-state index contributed by atoms with van der Waals surface area (Å²) < 4.78 is 3.39. The van der Waals surface area contributed by atoms with Gasteiger partial charge in [-0.05, 0) is 86.6 Å². The van der Waals surface area contributed by atoms with Crippen molar-refractivity contribution in [3.63, 3.8) is 0 Å². The first-order valence-corrected chi connectivity index (χ1v) is 13.4. The summed E-state index contributed by atoms with van der Waals surface area (Å²) in [5.41, 5.74) is 6.97. The van der Waals surface area contributed by atoms with Gasteiger partial charge in [0.05, 0.1) is 17.8 Å². The third-order valence-electron chi connectivity index (χ3n) is 6.73. The number of benzene rings is 2. The van der Waals surface area contributed by atoms with Crippen LogP contribution in [-0.2, 0) is 0 Å². The van der Waals surface area contributed by atoms with E-state index in [9.17, 15) is 0 Å². The van der Waals surface area contributed by atoms with Crippen LogP contribution in [0.4, 0.5) is 5.69 Å². The fourth-order valence-electron chi connectivity index (χ4n) is 5.12. The van der Waals surface area contributed by atoms with Crippen LogP contribution in [0.3, 0.4) is 0 Å². The number of nitrogens with zero attached hydrogens (tertiary/aromatic N) is 3. The maximum atomic E-state index is 5.88. The summed E-state index contributed by atoms with van der Waals surface area (Å²) in [6, 6.07) is 27.2. The smallest absolute Gasteiger partial charge is 0.170 e. The van der Waals surface area contributed by atoms with Crippen molar-refractivity contribution in [3.8, 4) is 5.69 Å². The first-order valence-electron chi connectivity index (χ1n) is 12.2. The van der Waals surface area contributed by atoms with Gasteiger partial charge in [-0.25, -0.2) is 0 Å². The molecule has 7 heteroatoms. The first kappa shape index (κ1) is 24.5. The third kappa shape index (κ3) is 5.04. The van der Waals surface area contributed by atoms with E-state index in [2.05, 4.69) is 111 Å². The minimum atomic E-state index is -0.0164. The number of nitrogens with one attached hydrogen (secondary N) is 2. The largest absolute Gasteiger partial charge is 0.385 e. The van der Waals surface area contributed by atoms with Crippen molar-refractivity contribution in [2.75, 3.05) is 18.4 Å². The average molecular weight is 561 g/mol. The van der Waals surface area contributed by atoms with Crippen molar-refractivity contribution in [1.29, 1.82) is 0 Å². The number of anilines is 1. The molecule has 5 nitrogen and oxygen atoms in total. The number of halogens is 1. The van der Waals surface area contributed by atoms with Crippen LogP contribution < -0.4 is 10.6 Å². The van der Waals surface area contributed by atoms with Crippen LogP contribution in [0.2, 0.25) is 0 Å². The van der Waals surface area contributed by atoms with Gasteiger partial charge in [0.2, 0.25) is 0 Å². The van der Waals surface area contributed by atoms with Crippen LogP contribution in [0.5, 0.6) is 0 Å². The Morgan fingerprint density at radius 1 is 1.00 bits per heavy atom. The molecule has 5 rings (SSSR count). The summed E-state index contributed by atoms with van der Waals surface area (Å²) in [5.74, 6) is 0. The van der Waals surface area contributed by atoms with E-state index in [0.717, 1.165) is 46.2 Å². The molecule has 0 spiro atoms. The summed E-state index contributed by atoms with van der Waals surface area (Å²) >= 11 is 9.51. The quantitative estimate of drug-likeness (QED) is 0.185. The standard InChI is InChI=1S/C29H30BrN5S/c1-20-18-25(21(2)35(20)24-13-8-10-22(30)19-24)28-27(26-14-6-7-15-32-26)33-29(36)34(28)17-9-16-31-23-11-4-3-5-12-23/h3-8,10-15,18-19,27-28,31H,9,16-17H2,1-2H3,(H,33,36)/t27-,28+/m1/s1. The van der Waals surface area contributed by atoms with E-state index in [1.165, 1.54) is 17.0 Å². The molecule has 0 unspecified atom stereocenters. The van der Waals surface area contributed by atoms with Crippen LogP contribution in [0.15, 0.2) is 89.5 Å². The van der Waals surface area contributed by atoms with E-state index in [-0.39, 0.29) is 12.1 Å². The molecule has 1 saturated heterocycles. The molecule has 0 aliphatic carbocycles. The fraction of sp³-hybridized carbons (Fsp3) is 0.241. The summed E-state index contributed by atoms with van der Waals surface area (Å²) in [7, 11) is 0. The molecule has 0 bridgehead atoms. The molecule has 36 heavy (non-hydrogen) atoms. The van der Waals surface area contributed by atoms with Crippen molar-refractivity contribution in [3.05, 3.63) is 112 Å². The van der Waals surface area contributed by atoms with Crippen molar-refractivity contribution >= 4 is 38.9 Å². The molecule has 2 aromatic carbocycles. The zero-order valence-corrected chi connectivity index (χ0v) is 22.9. The maximum absolute atomic E-state index is 5.88. The molecule has 0 amide bonds. The number of rotatable bonds is 8. The zero-order valence-electron chi connectivity index (χ0n) is 20.5. The number of pyridine rings is 1. The van der Waals surface area contributed by atoms with E-state index in [1.807, 2.05) is 24.4 Å². The molecular formula is C29H30BrN5S. The normalized spacial score (nSPS) is 17.3. The molecule has 0 radical (unpaired) electrons. The number of aromatic nitrogens is 2. The highest BCUT2D eigenvalue weighted by Crippen LogP contribution is 2.41. The minimum Gasteiger partial charge on any atom is -0.385 e. The van der Waals surface area contributed by atoms with Crippen molar-refractivity contribution in [1.82, 2.24) is 19.8 Å². The Labute approximate surface area is 226 Å². The van der Waals surface area contributed by atoms with Crippen molar-refractivity contribution < 1.29 is 0 Å². The van der Waals surface area contributed by atoms with Gasteiger partial charge in [0, 0.05) is 46.5 Å². The minimum absolute atomic E-state index is 0.0164. The van der Waals surface area contributed by atoms with Gasteiger partial charge in [-0.2, -0.15) is 0 Å². The first-order chi connectivity index (χ1) is 17.5. The van der Waals surface area contributed by atoms with Gasteiger partial charge in [-0.3, -0.25) is 4.98 Å². The molecule has 184 valence electrons. The van der Waals surface area contributed by atoms with E-state index in [1.54, 1.807) is 0 Å². The highest BCUT2D eigenvalue weighted by atomic mass is 79.9. The summed E-state index contributed by atoms with van der Waals surface area (Å²) in [6.07, 6.45) is 2.82. The number of aryl methyl sites for hydroxylation is 1. The molecule has 1 fully saturated rings. The van der Waals surface area contributed by atoms with E-state index < -0.39 is 0 Å². The fourth-order valence-corrected chi connectivity index (χ4v) is 5.84. The topological polar surface area (TPSA) is 45.1 Å². The molecule has 1 aliphatic rings. The molecule has 0 saturated carbocycles. The lowest BCUT2D eigenvalue weighted by atomic mass is 9.96. The van der Waals surface area contributed by atoms with Crippen LogP contribution in [0.25, 0.3) is 5.69 Å². The predicted molar refractivity (Wildman–Crippen MR) is 155 cm³/mol. The van der Waals surface area contributed by atoms with Crippen LogP contribution in [0, 0.1) is 13.8 Å². The Morgan fingerprint density at radius 3 is 2.56 bits per heavy atom. The average Bonchev–Trinajstić information content (AvgIpc) is 3.37. The van der Waals surface area contributed by atoms with Gasteiger partial charge >= 0.3 is 0 Å². The van der Waals surface area contributed by atoms with E-state index in [0.29, 0.717) is 0 Å². The van der Waals surface area contributed by atoms with Crippen LogP contribution >= 0.6 is 28.1 Å². The Kier molecular flexibility index (Phi) is 7.39. The highest BCUT2D eigenvalue weighted by molar-refractivity contribution is 9.10. The number of hydrogen-bond donors (Lipinski definition) is 2. The summed E-state index contributed by atoms with van der Waals surface area (Å²) in [4.78, 5) is 7.04. The van der Waals surface area contributed by atoms with Gasteiger partial charge < -0.3 is 20.1 Å². The maximum Gasteiger partial charge on any atom is 0.170 e. The van der Waals surface area contributed by atoms with Gasteiger partial charge in [0.25, 0.3) is 0 Å². The molecule has 3 heterocycles. The number of hydrogen-bond acceptors (Lipinski definition) is 3. The van der Waals surface area contributed by atoms with Crippen molar-refractivity contribution in [2.45, 2.75) is 32.4 Å². The Bertz CT molecular complexity index is 1340. The Hall–Kier alpha value is -3.16. The van der Waals surface area contributed by atoms with Gasteiger partial charge in [-0.15, -0.1) is 0 Å². The second kappa shape index (κ2) is 10.8. The monoisotopic (exact) mass is 559 g/mol. The molecule has 2 atom stereocenters. The Morgan fingerprint density at radius 2 is 1.81 bits per heavy atom. The molecule has 4 aromatic rings. The number of para-hydroxylation sites is 1. The summed E-state index contributed by atoms with van der Waals surface area (Å²) in [6.45, 7) is 6.10. The van der Waals surface area contributed by atoms with Crippen molar-refractivity contribution in [2.24, 2.45) is 0 Å². The second-order valence-electron chi connectivity index (χ2n) is 9.11. The van der Waals surface area contributed by atoms with Crippen LogP contribution in [0.1, 0.15) is 41.1 Å². The lowest BCUT2D eigenvalue weighted by Gasteiger charge is -2.28.